The van der Waals surface area contributed by atoms with E-state index in [0.717, 1.165) is 5.56 Å². The molecule has 35 heavy (non-hydrogen) atoms. The van der Waals surface area contributed by atoms with E-state index >= 15 is 0 Å². The minimum Gasteiger partial charge on any atom is -0.490 e. The highest BCUT2D eigenvalue weighted by Gasteiger charge is 2.29. The van der Waals surface area contributed by atoms with Crippen LogP contribution in [0.25, 0.3) is 6.08 Å². The molecule has 1 aliphatic rings. The smallest absolute Gasteiger partial charge is 0.280 e. The van der Waals surface area contributed by atoms with Crippen molar-refractivity contribution in [2.75, 3.05) is 11.6 Å². The number of nitrogens with zero attached hydrogens (tertiary/aromatic N) is 3. The highest BCUT2D eigenvalue weighted by Crippen LogP contribution is 2.36. The van der Waals surface area contributed by atoms with E-state index in [1.807, 2.05) is 37.3 Å². The summed E-state index contributed by atoms with van der Waals surface area (Å²) < 4.78 is 12.4. The zero-order valence-corrected chi connectivity index (χ0v) is 20.7. The molecule has 1 amide bonds. The van der Waals surface area contributed by atoms with Crippen LogP contribution in [0.3, 0.4) is 0 Å². The van der Waals surface area contributed by atoms with Gasteiger partial charge in [-0.2, -0.15) is 10.1 Å². The normalized spacial score (nSPS) is 14.3. The van der Waals surface area contributed by atoms with Gasteiger partial charge in [0, 0.05) is 16.6 Å². The second kappa shape index (κ2) is 10.5. The lowest BCUT2D eigenvalue weighted by Crippen LogP contribution is -2.21. The minimum atomic E-state index is -0.442. The quantitative estimate of drug-likeness (QED) is 0.196. The molecule has 0 bridgehead atoms. The van der Waals surface area contributed by atoms with Gasteiger partial charge < -0.3 is 9.47 Å². The van der Waals surface area contributed by atoms with E-state index in [4.69, 9.17) is 9.47 Å². The molecule has 0 radical (unpaired) electrons. The Morgan fingerprint density at radius 2 is 1.80 bits per heavy atom. The molecule has 0 aromatic heterocycles. The molecule has 0 aliphatic carbocycles. The molecule has 4 rings (SSSR count). The number of para-hydroxylation sites is 1. The van der Waals surface area contributed by atoms with Crippen LogP contribution in [0.15, 0.2) is 81.9 Å². The summed E-state index contributed by atoms with van der Waals surface area (Å²) >= 11 is 3.56. The van der Waals surface area contributed by atoms with Crippen LogP contribution in [0.1, 0.15) is 25.0 Å². The first-order valence-corrected chi connectivity index (χ1v) is 11.7. The molecule has 8 nitrogen and oxygen atoms in total. The Morgan fingerprint density at radius 1 is 1.06 bits per heavy atom. The molecule has 0 N–H and O–H groups in total. The van der Waals surface area contributed by atoms with Crippen molar-refractivity contribution in [2.24, 2.45) is 5.10 Å². The number of rotatable bonds is 8. The number of hydrogen-bond donors (Lipinski definition) is 0. The van der Waals surface area contributed by atoms with Crippen LogP contribution in [0.5, 0.6) is 11.5 Å². The number of carbonyl (C=O) groups excluding carboxylic acids is 1. The minimum absolute atomic E-state index is 0.00194. The van der Waals surface area contributed by atoms with Gasteiger partial charge in [0.2, 0.25) is 0 Å². The van der Waals surface area contributed by atoms with Gasteiger partial charge in [0.1, 0.15) is 6.61 Å². The summed E-state index contributed by atoms with van der Waals surface area (Å²) in [6.07, 6.45) is 1.76. The summed E-state index contributed by atoms with van der Waals surface area (Å²) in [4.78, 5) is 23.7. The highest BCUT2D eigenvalue weighted by atomic mass is 79.9. The van der Waals surface area contributed by atoms with Gasteiger partial charge in [-0.25, -0.2) is 0 Å². The summed E-state index contributed by atoms with van der Waals surface area (Å²) in [6, 6.07) is 19.1. The van der Waals surface area contributed by atoms with Crippen molar-refractivity contribution >= 4 is 45.0 Å². The lowest BCUT2D eigenvalue weighted by atomic mass is 10.1. The van der Waals surface area contributed by atoms with Gasteiger partial charge in [-0.1, -0.05) is 46.3 Å². The van der Waals surface area contributed by atoms with E-state index in [1.54, 1.807) is 37.3 Å². The number of halogens is 1. The fraction of sp³-hybridized carbons (Fsp3) is 0.154. The topological polar surface area (TPSA) is 94.3 Å². The molecule has 0 saturated heterocycles. The fourth-order valence-corrected chi connectivity index (χ4v) is 3.98. The van der Waals surface area contributed by atoms with Crippen molar-refractivity contribution in [2.45, 2.75) is 20.5 Å². The van der Waals surface area contributed by atoms with Crippen LogP contribution in [0.4, 0.5) is 11.4 Å². The maximum atomic E-state index is 13.1. The first kappa shape index (κ1) is 24.2. The molecule has 0 fully saturated rings. The fourth-order valence-electron chi connectivity index (χ4n) is 3.55. The van der Waals surface area contributed by atoms with Gasteiger partial charge in [0.15, 0.2) is 11.5 Å². The Balaban J connectivity index is 1.60. The molecular formula is C26H22BrN3O5. The Kier molecular flexibility index (Phi) is 7.26. The van der Waals surface area contributed by atoms with Gasteiger partial charge in [0.25, 0.3) is 11.6 Å². The lowest BCUT2D eigenvalue weighted by Gasteiger charge is -2.14. The molecule has 178 valence electrons. The van der Waals surface area contributed by atoms with Crippen molar-refractivity contribution < 1.29 is 19.2 Å². The maximum absolute atomic E-state index is 13.1. The largest absolute Gasteiger partial charge is 0.490 e. The van der Waals surface area contributed by atoms with Crippen LogP contribution >= 0.6 is 15.9 Å². The SMILES string of the molecule is CCOc1cc(/C=C2/C(=O)N(c3ccccc3)N=C2C)c(Br)cc1OCc1cccc([N+](=O)[O-])c1. The number of benzene rings is 3. The van der Waals surface area contributed by atoms with Gasteiger partial charge >= 0.3 is 0 Å². The maximum Gasteiger partial charge on any atom is 0.280 e. The first-order valence-electron chi connectivity index (χ1n) is 10.9. The average molecular weight is 536 g/mol. The first-order chi connectivity index (χ1) is 16.9. The molecular weight excluding hydrogens is 514 g/mol. The molecule has 0 spiro atoms. The third kappa shape index (κ3) is 5.41. The molecule has 9 heteroatoms. The summed E-state index contributed by atoms with van der Waals surface area (Å²) in [5.74, 6) is 0.749. The standard InChI is InChI=1S/C26H22BrN3O5/c1-3-34-24-14-19(13-22-17(2)28-29(26(22)31)20-9-5-4-6-10-20)23(27)15-25(24)35-16-18-8-7-11-21(12-18)30(32)33/h4-15H,3,16H2,1-2H3/b22-13+. The monoisotopic (exact) mass is 535 g/mol. The number of non-ortho nitro benzene ring substituents is 1. The third-order valence-electron chi connectivity index (χ3n) is 5.24. The summed E-state index contributed by atoms with van der Waals surface area (Å²) in [7, 11) is 0. The van der Waals surface area contributed by atoms with Crippen LogP contribution in [-0.2, 0) is 11.4 Å². The number of nitro benzene ring substituents is 1. The molecule has 0 atom stereocenters. The Labute approximate surface area is 210 Å². The molecule has 0 saturated carbocycles. The number of nitro groups is 1. The third-order valence-corrected chi connectivity index (χ3v) is 5.93. The van der Waals surface area contributed by atoms with Gasteiger partial charge in [0.05, 0.1) is 28.5 Å². The second-order valence-electron chi connectivity index (χ2n) is 7.67. The Hall–Kier alpha value is -3.98. The van der Waals surface area contributed by atoms with Crippen molar-refractivity contribution in [1.82, 2.24) is 0 Å². The van der Waals surface area contributed by atoms with E-state index in [-0.39, 0.29) is 18.2 Å². The Morgan fingerprint density at radius 3 is 2.51 bits per heavy atom. The summed E-state index contributed by atoms with van der Waals surface area (Å²) in [5.41, 5.74) is 3.16. The van der Waals surface area contributed by atoms with Crippen LogP contribution in [-0.4, -0.2) is 23.1 Å². The summed E-state index contributed by atoms with van der Waals surface area (Å²) in [6.45, 7) is 4.19. The van der Waals surface area contributed by atoms with Crippen LogP contribution < -0.4 is 14.5 Å². The van der Waals surface area contributed by atoms with Gasteiger partial charge in [-0.15, -0.1) is 0 Å². The molecule has 1 aliphatic heterocycles. The molecule has 3 aromatic carbocycles. The van der Waals surface area contributed by atoms with Crippen molar-refractivity contribution in [3.05, 3.63) is 98.0 Å². The van der Waals surface area contributed by atoms with E-state index < -0.39 is 4.92 Å². The second-order valence-corrected chi connectivity index (χ2v) is 8.52. The predicted molar refractivity (Wildman–Crippen MR) is 138 cm³/mol. The van der Waals surface area contributed by atoms with Crippen molar-refractivity contribution in [3.8, 4) is 11.5 Å². The van der Waals surface area contributed by atoms with Crippen LogP contribution in [0, 0.1) is 10.1 Å². The number of hydrogen-bond acceptors (Lipinski definition) is 6. The number of carbonyl (C=O) groups is 1. The number of hydrazone groups is 1. The van der Waals surface area contributed by atoms with Crippen molar-refractivity contribution in [1.29, 1.82) is 0 Å². The molecule has 0 unspecified atom stereocenters. The van der Waals surface area contributed by atoms with Gasteiger partial charge in [-0.05, 0) is 55.3 Å². The number of amides is 1. The zero-order valence-electron chi connectivity index (χ0n) is 19.1. The zero-order chi connectivity index (χ0) is 24.9. The number of anilines is 1. The molecule has 1 heterocycles. The highest BCUT2D eigenvalue weighted by molar-refractivity contribution is 9.10. The Bertz CT molecular complexity index is 1340. The van der Waals surface area contributed by atoms with Crippen LogP contribution in [0.2, 0.25) is 0 Å². The summed E-state index contributed by atoms with van der Waals surface area (Å²) in [5, 5.41) is 16.8. The van der Waals surface area contributed by atoms with E-state index in [1.165, 1.54) is 17.1 Å². The van der Waals surface area contributed by atoms with E-state index in [2.05, 4.69) is 21.0 Å². The van der Waals surface area contributed by atoms with Crippen molar-refractivity contribution in [3.63, 3.8) is 0 Å². The van der Waals surface area contributed by atoms with Gasteiger partial charge in [-0.3, -0.25) is 14.9 Å². The molecule has 3 aromatic rings. The number of ether oxygens (including phenoxy) is 2. The predicted octanol–water partition coefficient (Wildman–Crippen LogP) is 6.14. The van der Waals surface area contributed by atoms with E-state index in [0.29, 0.717) is 45.1 Å². The average Bonchev–Trinajstić information content (AvgIpc) is 3.14. The lowest BCUT2D eigenvalue weighted by molar-refractivity contribution is -0.384. The van der Waals surface area contributed by atoms with E-state index in [9.17, 15) is 14.9 Å².